The van der Waals surface area contributed by atoms with Crippen molar-refractivity contribution < 1.29 is 0 Å². The molecule has 5 nitrogen and oxygen atoms in total. The van der Waals surface area contributed by atoms with Crippen LogP contribution in [0, 0.1) is 0 Å². The molecule has 2 rings (SSSR count). The molecule has 5 heteroatoms. The standard InChI is InChI=1S/C18H31N5/c1-18(2,3)21-11-10-20-17(19-4)23-14-12-22(13-15-23)16-8-6-5-7-9-16/h5-9,21H,10-15H2,1-4H3,(H,19,20). The predicted molar refractivity (Wildman–Crippen MR) is 99.3 cm³/mol. The number of hydrogen-bond donors (Lipinski definition) is 2. The van der Waals surface area contributed by atoms with Crippen LogP contribution in [0.1, 0.15) is 20.8 Å². The number of anilines is 1. The fourth-order valence-corrected chi connectivity index (χ4v) is 2.76. The van der Waals surface area contributed by atoms with E-state index in [0.717, 1.165) is 45.2 Å². The van der Waals surface area contributed by atoms with Crippen molar-refractivity contribution in [2.24, 2.45) is 4.99 Å². The van der Waals surface area contributed by atoms with Crippen LogP contribution in [0.15, 0.2) is 35.3 Å². The van der Waals surface area contributed by atoms with Crippen molar-refractivity contribution in [3.8, 4) is 0 Å². The average Bonchev–Trinajstić information content (AvgIpc) is 2.55. The summed E-state index contributed by atoms with van der Waals surface area (Å²) in [7, 11) is 1.86. The summed E-state index contributed by atoms with van der Waals surface area (Å²) in [6, 6.07) is 10.6. The number of hydrogen-bond acceptors (Lipinski definition) is 3. The lowest BCUT2D eigenvalue weighted by atomic mass is 10.1. The number of aliphatic imine (C=N–C) groups is 1. The molecule has 0 spiro atoms. The van der Waals surface area contributed by atoms with Gasteiger partial charge in [-0.1, -0.05) is 18.2 Å². The average molecular weight is 317 g/mol. The fourth-order valence-electron chi connectivity index (χ4n) is 2.76. The summed E-state index contributed by atoms with van der Waals surface area (Å²) in [5.74, 6) is 1.01. The van der Waals surface area contributed by atoms with Crippen LogP contribution in [0.2, 0.25) is 0 Å². The molecule has 23 heavy (non-hydrogen) atoms. The lowest BCUT2D eigenvalue weighted by Gasteiger charge is -2.37. The normalized spacial score (nSPS) is 16.6. The highest BCUT2D eigenvalue weighted by atomic mass is 15.3. The van der Waals surface area contributed by atoms with Crippen molar-refractivity contribution in [3.05, 3.63) is 30.3 Å². The first-order valence-electron chi connectivity index (χ1n) is 8.50. The van der Waals surface area contributed by atoms with Gasteiger partial charge in [0.2, 0.25) is 0 Å². The van der Waals surface area contributed by atoms with Crippen LogP contribution in [0.25, 0.3) is 0 Å². The Kier molecular flexibility index (Phi) is 6.28. The summed E-state index contributed by atoms with van der Waals surface area (Å²) < 4.78 is 0. The first-order chi connectivity index (χ1) is 11.0. The molecule has 0 aromatic heterocycles. The number of rotatable bonds is 4. The largest absolute Gasteiger partial charge is 0.368 e. The van der Waals surface area contributed by atoms with E-state index in [1.807, 2.05) is 7.05 Å². The zero-order chi connectivity index (χ0) is 16.7. The predicted octanol–water partition coefficient (Wildman–Crippen LogP) is 1.77. The number of benzene rings is 1. The summed E-state index contributed by atoms with van der Waals surface area (Å²) in [6.45, 7) is 12.5. The molecule has 1 heterocycles. The van der Waals surface area contributed by atoms with Crippen molar-refractivity contribution >= 4 is 11.6 Å². The zero-order valence-corrected chi connectivity index (χ0v) is 15.0. The molecule has 0 saturated carbocycles. The third-order valence-electron chi connectivity index (χ3n) is 3.98. The summed E-state index contributed by atoms with van der Waals surface area (Å²) in [5.41, 5.74) is 1.47. The van der Waals surface area contributed by atoms with Gasteiger partial charge in [0.05, 0.1) is 0 Å². The minimum absolute atomic E-state index is 0.159. The molecule has 0 radical (unpaired) electrons. The van der Waals surface area contributed by atoms with E-state index in [-0.39, 0.29) is 5.54 Å². The molecule has 1 saturated heterocycles. The van der Waals surface area contributed by atoms with Crippen LogP contribution >= 0.6 is 0 Å². The van der Waals surface area contributed by atoms with Crippen LogP contribution in [0.4, 0.5) is 5.69 Å². The summed E-state index contributed by atoms with van der Waals surface area (Å²) >= 11 is 0. The second-order valence-electron chi connectivity index (χ2n) is 6.96. The molecule has 0 unspecified atom stereocenters. The van der Waals surface area contributed by atoms with E-state index in [9.17, 15) is 0 Å². The third-order valence-corrected chi connectivity index (χ3v) is 3.98. The van der Waals surface area contributed by atoms with Gasteiger partial charge in [-0.2, -0.15) is 0 Å². The summed E-state index contributed by atoms with van der Waals surface area (Å²) in [5, 5.41) is 6.95. The maximum absolute atomic E-state index is 4.43. The SMILES string of the molecule is CN=C(NCCNC(C)(C)C)N1CCN(c2ccccc2)CC1. The van der Waals surface area contributed by atoms with Gasteiger partial charge in [-0.25, -0.2) is 0 Å². The van der Waals surface area contributed by atoms with Gasteiger partial charge in [-0.05, 0) is 32.9 Å². The Balaban J connectivity index is 1.76. The second kappa shape index (κ2) is 8.20. The van der Waals surface area contributed by atoms with E-state index >= 15 is 0 Å². The van der Waals surface area contributed by atoms with E-state index in [1.165, 1.54) is 5.69 Å². The van der Waals surface area contributed by atoms with Gasteiger partial charge >= 0.3 is 0 Å². The Bertz CT molecular complexity index is 484. The van der Waals surface area contributed by atoms with Crippen LogP contribution in [0.5, 0.6) is 0 Å². The van der Waals surface area contributed by atoms with Crippen molar-refractivity contribution in [1.29, 1.82) is 0 Å². The van der Waals surface area contributed by atoms with E-state index in [4.69, 9.17) is 0 Å². The Labute approximate surface area is 140 Å². The van der Waals surface area contributed by atoms with Gasteiger partial charge in [-0.3, -0.25) is 4.99 Å². The molecule has 1 aromatic rings. The molecule has 0 bridgehead atoms. The number of piperazine rings is 1. The second-order valence-corrected chi connectivity index (χ2v) is 6.96. The maximum Gasteiger partial charge on any atom is 0.193 e. The first kappa shape index (κ1) is 17.6. The Morgan fingerprint density at radius 2 is 1.70 bits per heavy atom. The molecule has 1 aliphatic rings. The first-order valence-corrected chi connectivity index (χ1v) is 8.50. The fraction of sp³-hybridized carbons (Fsp3) is 0.611. The molecular weight excluding hydrogens is 286 g/mol. The van der Waals surface area contributed by atoms with Crippen molar-refractivity contribution in [2.45, 2.75) is 26.3 Å². The van der Waals surface area contributed by atoms with Crippen molar-refractivity contribution in [1.82, 2.24) is 15.5 Å². The lowest BCUT2D eigenvalue weighted by Crippen LogP contribution is -2.53. The van der Waals surface area contributed by atoms with Gasteiger partial charge in [0.1, 0.15) is 0 Å². The van der Waals surface area contributed by atoms with E-state index < -0.39 is 0 Å². The highest BCUT2D eigenvalue weighted by Crippen LogP contribution is 2.15. The maximum atomic E-state index is 4.43. The highest BCUT2D eigenvalue weighted by molar-refractivity contribution is 5.80. The van der Waals surface area contributed by atoms with E-state index in [2.05, 4.69) is 76.5 Å². The smallest absolute Gasteiger partial charge is 0.193 e. The van der Waals surface area contributed by atoms with Crippen LogP contribution in [0.3, 0.4) is 0 Å². The summed E-state index contributed by atoms with van der Waals surface area (Å²) in [4.78, 5) is 9.21. The number of nitrogens with one attached hydrogen (secondary N) is 2. The van der Waals surface area contributed by atoms with Crippen LogP contribution in [-0.4, -0.2) is 62.7 Å². The Hall–Kier alpha value is -1.75. The molecule has 0 atom stereocenters. The monoisotopic (exact) mass is 317 g/mol. The topological polar surface area (TPSA) is 42.9 Å². The molecule has 1 aliphatic heterocycles. The Morgan fingerprint density at radius 1 is 1.04 bits per heavy atom. The molecule has 1 fully saturated rings. The van der Waals surface area contributed by atoms with Gasteiger partial charge in [0, 0.05) is 57.5 Å². The quantitative estimate of drug-likeness (QED) is 0.505. The number of para-hydroxylation sites is 1. The molecule has 1 aromatic carbocycles. The molecule has 2 N–H and O–H groups in total. The molecular formula is C18H31N5. The number of guanidine groups is 1. The molecule has 0 amide bonds. The van der Waals surface area contributed by atoms with Gasteiger partial charge in [0.25, 0.3) is 0 Å². The highest BCUT2D eigenvalue weighted by Gasteiger charge is 2.19. The minimum Gasteiger partial charge on any atom is -0.368 e. The van der Waals surface area contributed by atoms with Crippen LogP contribution in [-0.2, 0) is 0 Å². The van der Waals surface area contributed by atoms with E-state index in [1.54, 1.807) is 0 Å². The van der Waals surface area contributed by atoms with Crippen molar-refractivity contribution in [2.75, 3.05) is 51.2 Å². The van der Waals surface area contributed by atoms with E-state index in [0.29, 0.717) is 0 Å². The zero-order valence-electron chi connectivity index (χ0n) is 15.0. The van der Waals surface area contributed by atoms with Gasteiger partial charge in [-0.15, -0.1) is 0 Å². The lowest BCUT2D eigenvalue weighted by molar-refractivity contribution is 0.369. The third kappa shape index (κ3) is 5.75. The molecule has 128 valence electrons. The van der Waals surface area contributed by atoms with Crippen molar-refractivity contribution in [3.63, 3.8) is 0 Å². The molecule has 0 aliphatic carbocycles. The minimum atomic E-state index is 0.159. The van der Waals surface area contributed by atoms with Gasteiger partial charge in [0.15, 0.2) is 5.96 Å². The van der Waals surface area contributed by atoms with Crippen LogP contribution < -0.4 is 15.5 Å². The number of nitrogens with zero attached hydrogens (tertiary/aromatic N) is 3. The van der Waals surface area contributed by atoms with Gasteiger partial charge < -0.3 is 20.4 Å². The Morgan fingerprint density at radius 3 is 2.26 bits per heavy atom. The summed E-state index contributed by atoms with van der Waals surface area (Å²) in [6.07, 6.45) is 0.